The summed E-state index contributed by atoms with van der Waals surface area (Å²) in [5.74, 6) is 0. The van der Waals surface area contributed by atoms with Crippen LogP contribution in [-0.4, -0.2) is 59.7 Å². The third-order valence-corrected chi connectivity index (χ3v) is 2.75. The Morgan fingerprint density at radius 1 is 1.04 bits per heavy atom. The van der Waals surface area contributed by atoms with Gasteiger partial charge in [-0.25, -0.2) is 4.68 Å². The second-order valence-electron chi connectivity index (χ2n) is 6.52. The fraction of sp³-hybridized carbons (Fsp3) is 0.875. The Morgan fingerprint density at radius 2 is 1.70 bits per heavy atom. The summed E-state index contributed by atoms with van der Waals surface area (Å²) < 4.78 is 23.7. The summed E-state index contributed by atoms with van der Waals surface area (Å²) in [5, 5.41) is 8.08. The van der Waals surface area contributed by atoms with Crippen LogP contribution in [0.5, 0.6) is 0 Å². The van der Waals surface area contributed by atoms with Crippen LogP contribution in [0.4, 0.5) is 0 Å². The Bertz CT molecular complexity index is 416. The molecule has 0 unspecified atom stereocenters. The van der Waals surface area contributed by atoms with Crippen LogP contribution in [0.1, 0.15) is 40.3 Å². The lowest BCUT2D eigenvalue weighted by Crippen LogP contribution is -2.22. The van der Waals surface area contributed by atoms with E-state index in [-0.39, 0.29) is 11.7 Å². The minimum absolute atomic E-state index is 0.114. The first-order valence-electron chi connectivity index (χ1n) is 8.17. The first-order valence-corrected chi connectivity index (χ1v) is 8.17. The molecule has 0 aliphatic carbocycles. The maximum atomic E-state index is 5.56. The zero-order valence-corrected chi connectivity index (χ0v) is 15.1. The van der Waals surface area contributed by atoms with Crippen molar-refractivity contribution in [1.82, 2.24) is 15.0 Å². The molecule has 1 aromatic heterocycles. The van der Waals surface area contributed by atoms with Gasteiger partial charge in [-0.1, -0.05) is 5.21 Å². The summed E-state index contributed by atoms with van der Waals surface area (Å²) in [6.45, 7) is 14.1. The topological polar surface area (TPSA) is 67.6 Å². The van der Waals surface area contributed by atoms with Crippen LogP contribution in [0.3, 0.4) is 0 Å². The first-order chi connectivity index (χ1) is 10.9. The highest BCUT2D eigenvalue weighted by Crippen LogP contribution is 2.05. The first kappa shape index (κ1) is 20.0. The Hall–Kier alpha value is -1.02. The number of hydrogen-bond acceptors (Lipinski definition) is 6. The Morgan fingerprint density at radius 3 is 2.35 bits per heavy atom. The Kier molecular flexibility index (Phi) is 9.31. The molecule has 7 nitrogen and oxygen atoms in total. The van der Waals surface area contributed by atoms with Crippen molar-refractivity contribution in [3.63, 3.8) is 0 Å². The molecule has 0 amide bonds. The molecule has 0 aliphatic heterocycles. The molecule has 0 saturated heterocycles. The monoisotopic (exact) mass is 329 g/mol. The van der Waals surface area contributed by atoms with E-state index in [0.717, 1.165) is 5.69 Å². The summed E-state index contributed by atoms with van der Waals surface area (Å²) in [6.07, 6.45) is 2.07. The van der Waals surface area contributed by atoms with E-state index in [1.165, 1.54) is 0 Å². The van der Waals surface area contributed by atoms with Crippen LogP contribution in [0.25, 0.3) is 0 Å². The average molecular weight is 329 g/mol. The number of hydrogen-bond donors (Lipinski definition) is 0. The molecule has 0 spiro atoms. The molecule has 0 aromatic carbocycles. The van der Waals surface area contributed by atoms with Gasteiger partial charge in [-0.3, -0.25) is 0 Å². The van der Waals surface area contributed by atoms with E-state index in [4.69, 9.17) is 18.9 Å². The van der Waals surface area contributed by atoms with E-state index in [9.17, 15) is 0 Å². The van der Waals surface area contributed by atoms with Gasteiger partial charge in [0.25, 0.3) is 0 Å². The molecule has 0 saturated carbocycles. The predicted octanol–water partition coefficient (Wildman–Crippen LogP) is 2.05. The zero-order chi connectivity index (χ0) is 17.1. The van der Waals surface area contributed by atoms with E-state index >= 15 is 0 Å². The van der Waals surface area contributed by atoms with E-state index in [1.54, 1.807) is 4.68 Å². The van der Waals surface area contributed by atoms with Crippen molar-refractivity contribution in [1.29, 1.82) is 0 Å². The van der Waals surface area contributed by atoms with E-state index in [1.807, 2.05) is 40.8 Å². The molecule has 0 N–H and O–H groups in total. The maximum Gasteiger partial charge on any atom is 0.108 e. The third kappa shape index (κ3) is 11.2. The summed E-state index contributed by atoms with van der Waals surface area (Å²) in [4.78, 5) is 0. The number of aromatic nitrogens is 3. The fourth-order valence-electron chi connectivity index (χ4n) is 1.65. The van der Waals surface area contributed by atoms with Crippen LogP contribution in [-0.2, 0) is 32.1 Å². The van der Waals surface area contributed by atoms with Crippen LogP contribution in [0, 0.1) is 0 Å². The Balaban J connectivity index is 1.97. The molecule has 1 rings (SSSR count). The van der Waals surface area contributed by atoms with Crippen LogP contribution < -0.4 is 0 Å². The smallest absolute Gasteiger partial charge is 0.108 e. The highest BCUT2D eigenvalue weighted by Gasteiger charge is 2.08. The van der Waals surface area contributed by atoms with Gasteiger partial charge in [0.05, 0.1) is 64.1 Å². The molecule has 0 atom stereocenters. The minimum atomic E-state index is -0.114. The van der Waals surface area contributed by atoms with E-state index in [2.05, 4.69) is 10.3 Å². The molecule has 1 heterocycles. The van der Waals surface area contributed by atoms with Gasteiger partial charge < -0.3 is 18.9 Å². The van der Waals surface area contributed by atoms with Gasteiger partial charge in [0.1, 0.15) is 5.69 Å². The minimum Gasteiger partial charge on any atom is -0.377 e. The predicted molar refractivity (Wildman–Crippen MR) is 87.3 cm³/mol. The molecule has 1 aromatic rings. The van der Waals surface area contributed by atoms with Crippen LogP contribution >= 0.6 is 0 Å². The summed E-state index contributed by atoms with van der Waals surface area (Å²) in [7, 11) is 0. The average Bonchev–Trinajstić information content (AvgIpc) is 2.90. The van der Waals surface area contributed by atoms with Gasteiger partial charge in [0.15, 0.2) is 0 Å². The molecule has 0 aliphatic rings. The van der Waals surface area contributed by atoms with Gasteiger partial charge in [-0.05, 0) is 34.6 Å². The van der Waals surface area contributed by atoms with Gasteiger partial charge in [-0.15, -0.1) is 5.10 Å². The lowest BCUT2D eigenvalue weighted by atomic mass is 10.2. The largest absolute Gasteiger partial charge is 0.377 e. The Labute approximate surface area is 139 Å². The van der Waals surface area contributed by atoms with Crippen molar-refractivity contribution in [2.75, 3.05) is 33.0 Å². The van der Waals surface area contributed by atoms with Crippen molar-refractivity contribution in [3.8, 4) is 0 Å². The molecule has 0 radical (unpaired) electrons. The third-order valence-electron chi connectivity index (χ3n) is 2.75. The molecule has 134 valence electrons. The molecule has 7 heteroatoms. The maximum absolute atomic E-state index is 5.56. The fourth-order valence-corrected chi connectivity index (χ4v) is 1.65. The van der Waals surface area contributed by atoms with Crippen molar-refractivity contribution in [2.45, 2.75) is 59.5 Å². The molecular weight excluding hydrogens is 298 g/mol. The zero-order valence-electron chi connectivity index (χ0n) is 15.1. The normalized spacial score (nSPS) is 12.3. The van der Waals surface area contributed by atoms with Crippen molar-refractivity contribution < 1.29 is 18.9 Å². The van der Waals surface area contributed by atoms with Gasteiger partial charge in [-0.2, -0.15) is 0 Å². The van der Waals surface area contributed by atoms with Crippen molar-refractivity contribution in [3.05, 3.63) is 11.9 Å². The number of rotatable bonds is 12. The summed E-state index contributed by atoms with van der Waals surface area (Å²) in [5.41, 5.74) is 0.720. The lowest BCUT2D eigenvalue weighted by Gasteiger charge is -2.19. The molecular formula is C16H31N3O4. The van der Waals surface area contributed by atoms with Crippen LogP contribution in [0.15, 0.2) is 6.20 Å². The van der Waals surface area contributed by atoms with Crippen molar-refractivity contribution >= 4 is 0 Å². The van der Waals surface area contributed by atoms with Gasteiger partial charge in [0.2, 0.25) is 0 Å². The highest BCUT2D eigenvalue weighted by atomic mass is 16.5. The second-order valence-corrected chi connectivity index (χ2v) is 6.52. The molecule has 0 bridgehead atoms. The van der Waals surface area contributed by atoms with E-state index in [0.29, 0.717) is 46.2 Å². The number of nitrogens with zero attached hydrogens (tertiary/aromatic N) is 3. The number of ether oxygens (including phenoxy) is 4. The second kappa shape index (κ2) is 10.7. The quantitative estimate of drug-likeness (QED) is 0.547. The van der Waals surface area contributed by atoms with Gasteiger partial charge >= 0.3 is 0 Å². The standard InChI is InChI=1S/C16H31N3O4/c1-14(2)22-13-15-12-19(18-17-15)6-7-20-8-9-21-10-11-23-16(3,4)5/h12,14H,6-11,13H2,1-5H3. The van der Waals surface area contributed by atoms with E-state index < -0.39 is 0 Å². The van der Waals surface area contributed by atoms with Crippen molar-refractivity contribution in [2.24, 2.45) is 0 Å². The van der Waals surface area contributed by atoms with Gasteiger partial charge in [0, 0.05) is 0 Å². The van der Waals surface area contributed by atoms with Crippen LogP contribution in [0.2, 0.25) is 0 Å². The SMILES string of the molecule is CC(C)OCc1cn(CCOCCOCCOC(C)(C)C)nn1. The highest BCUT2D eigenvalue weighted by molar-refractivity contribution is 4.89. The lowest BCUT2D eigenvalue weighted by molar-refractivity contribution is -0.0427. The summed E-state index contributed by atoms with van der Waals surface area (Å²) >= 11 is 0. The molecule has 0 fully saturated rings. The molecule has 23 heavy (non-hydrogen) atoms. The summed E-state index contributed by atoms with van der Waals surface area (Å²) in [6, 6.07) is 0.